The Balaban J connectivity index is 1.44. The standard InChI is InChI=1S/C25H37N3O6/c29-12-11-28-9-7-27(8-10-28)6-5-26-19-23-24(31)17-21(18-25(23)32)20-1-3-22(4-2-20)34-16-15-33-14-13-30/h1-4,19,21,29-31H,5-18H2. The van der Waals surface area contributed by atoms with Crippen molar-refractivity contribution in [2.45, 2.75) is 18.8 Å². The smallest absolute Gasteiger partial charge is 0.168 e. The lowest BCUT2D eigenvalue weighted by Crippen LogP contribution is -2.47. The molecule has 9 nitrogen and oxygen atoms in total. The summed E-state index contributed by atoms with van der Waals surface area (Å²) in [6, 6.07) is 7.56. The van der Waals surface area contributed by atoms with Gasteiger partial charge in [-0.3, -0.25) is 19.6 Å². The van der Waals surface area contributed by atoms with E-state index in [1.807, 2.05) is 24.3 Å². The highest BCUT2D eigenvalue weighted by atomic mass is 16.5. The van der Waals surface area contributed by atoms with Crippen molar-refractivity contribution < 1.29 is 29.6 Å². The second-order valence-corrected chi connectivity index (χ2v) is 8.58. The number of Topliss-reactive ketones (excluding diaryl/α,β-unsaturated/α-hetero) is 1. The largest absolute Gasteiger partial charge is 0.511 e. The minimum absolute atomic E-state index is 0.00598. The number of nitrogens with zero attached hydrogens (tertiary/aromatic N) is 3. The fraction of sp³-hybridized carbons (Fsp3) is 0.600. The summed E-state index contributed by atoms with van der Waals surface area (Å²) in [5.74, 6) is 0.656. The highest BCUT2D eigenvalue weighted by molar-refractivity contribution is 6.14. The molecule has 0 saturated carbocycles. The van der Waals surface area contributed by atoms with Crippen LogP contribution in [0.1, 0.15) is 24.3 Å². The second kappa shape index (κ2) is 14.2. The van der Waals surface area contributed by atoms with Gasteiger partial charge in [0.05, 0.1) is 38.5 Å². The number of carbonyl (C=O) groups excluding carboxylic acids is 1. The van der Waals surface area contributed by atoms with Gasteiger partial charge in [0.2, 0.25) is 0 Å². The first-order valence-electron chi connectivity index (χ1n) is 12.0. The topological polar surface area (TPSA) is 115 Å². The number of rotatable bonds is 13. The number of hydrogen-bond donors (Lipinski definition) is 3. The Labute approximate surface area is 201 Å². The third-order valence-corrected chi connectivity index (χ3v) is 6.21. The van der Waals surface area contributed by atoms with Gasteiger partial charge in [-0.1, -0.05) is 12.1 Å². The van der Waals surface area contributed by atoms with Gasteiger partial charge in [0.1, 0.15) is 18.1 Å². The summed E-state index contributed by atoms with van der Waals surface area (Å²) in [5, 5.41) is 28.2. The van der Waals surface area contributed by atoms with E-state index in [1.165, 1.54) is 6.21 Å². The first kappa shape index (κ1) is 26.3. The molecule has 3 rings (SSSR count). The summed E-state index contributed by atoms with van der Waals surface area (Å²) in [5.41, 5.74) is 1.31. The molecule has 2 aliphatic rings. The van der Waals surface area contributed by atoms with Gasteiger partial charge in [-0.15, -0.1) is 0 Å². The molecule has 0 radical (unpaired) electrons. The molecule has 34 heavy (non-hydrogen) atoms. The van der Waals surface area contributed by atoms with E-state index in [2.05, 4.69) is 14.8 Å². The molecule has 0 spiro atoms. The summed E-state index contributed by atoms with van der Waals surface area (Å²) in [6.45, 7) is 7.20. The van der Waals surface area contributed by atoms with Crippen LogP contribution in [0.2, 0.25) is 0 Å². The lowest BCUT2D eigenvalue weighted by atomic mass is 9.83. The molecule has 1 aliphatic heterocycles. The molecule has 1 unspecified atom stereocenters. The first-order chi connectivity index (χ1) is 16.6. The van der Waals surface area contributed by atoms with Gasteiger partial charge in [0, 0.05) is 58.3 Å². The maximum absolute atomic E-state index is 12.7. The number of piperazine rings is 1. The molecule has 9 heteroatoms. The number of aliphatic imine (C=N–C) groups is 1. The highest BCUT2D eigenvalue weighted by Gasteiger charge is 2.27. The molecule has 188 valence electrons. The van der Waals surface area contributed by atoms with E-state index in [-0.39, 0.29) is 30.7 Å². The Morgan fingerprint density at radius 3 is 2.29 bits per heavy atom. The van der Waals surface area contributed by atoms with Crippen LogP contribution in [0, 0.1) is 0 Å². The molecule has 1 aromatic rings. The molecule has 1 aliphatic carbocycles. The number of carbonyl (C=O) groups is 1. The zero-order chi connectivity index (χ0) is 24.2. The van der Waals surface area contributed by atoms with Crippen LogP contribution in [0.25, 0.3) is 0 Å². The van der Waals surface area contributed by atoms with E-state index in [0.29, 0.717) is 50.5 Å². The van der Waals surface area contributed by atoms with Crippen LogP contribution in [-0.4, -0.2) is 116 Å². The quantitative estimate of drug-likeness (QED) is 0.286. The number of hydrogen-bond acceptors (Lipinski definition) is 9. The summed E-state index contributed by atoms with van der Waals surface area (Å²) < 4.78 is 10.8. The van der Waals surface area contributed by atoms with Crippen molar-refractivity contribution in [2.75, 3.05) is 78.8 Å². The molecule has 1 heterocycles. The van der Waals surface area contributed by atoms with E-state index >= 15 is 0 Å². The van der Waals surface area contributed by atoms with Crippen LogP contribution in [-0.2, 0) is 9.53 Å². The Morgan fingerprint density at radius 1 is 0.941 bits per heavy atom. The summed E-state index contributed by atoms with van der Waals surface area (Å²) in [7, 11) is 0. The third-order valence-electron chi connectivity index (χ3n) is 6.21. The van der Waals surface area contributed by atoms with E-state index in [4.69, 9.17) is 19.7 Å². The normalized spacial score (nSPS) is 20.4. The van der Waals surface area contributed by atoms with E-state index < -0.39 is 0 Å². The zero-order valence-electron chi connectivity index (χ0n) is 19.8. The van der Waals surface area contributed by atoms with Crippen LogP contribution in [0.4, 0.5) is 0 Å². The lowest BCUT2D eigenvalue weighted by Gasteiger charge is -2.33. The summed E-state index contributed by atoms with van der Waals surface area (Å²) in [6.07, 6.45) is 2.29. The van der Waals surface area contributed by atoms with Gasteiger partial charge < -0.3 is 24.8 Å². The Morgan fingerprint density at radius 2 is 1.65 bits per heavy atom. The molecular formula is C25H37N3O6. The van der Waals surface area contributed by atoms with Crippen LogP contribution in [0.15, 0.2) is 40.6 Å². The fourth-order valence-corrected chi connectivity index (χ4v) is 4.25. The van der Waals surface area contributed by atoms with Crippen molar-refractivity contribution in [3.05, 3.63) is 41.2 Å². The molecule has 1 fully saturated rings. The van der Waals surface area contributed by atoms with E-state index in [9.17, 15) is 9.90 Å². The Kier molecular flexibility index (Phi) is 11.0. The minimum atomic E-state index is -0.0866. The second-order valence-electron chi connectivity index (χ2n) is 8.58. The third kappa shape index (κ3) is 8.18. The number of β-amino-alcohol motifs (C(OH)–C–C–N with tert-alkyl or cyclic N) is 1. The predicted molar refractivity (Wildman–Crippen MR) is 130 cm³/mol. The predicted octanol–water partition coefficient (Wildman–Crippen LogP) is 1.01. The van der Waals surface area contributed by atoms with Crippen molar-refractivity contribution >= 4 is 12.0 Å². The monoisotopic (exact) mass is 475 g/mol. The van der Waals surface area contributed by atoms with Gasteiger partial charge in [-0.05, 0) is 23.6 Å². The number of ether oxygens (including phenoxy) is 2. The van der Waals surface area contributed by atoms with Gasteiger partial charge >= 0.3 is 0 Å². The van der Waals surface area contributed by atoms with E-state index in [1.54, 1.807) is 0 Å². The minimum Gasteiger partial charge on any atom is -0.511 e. The Hall–Kier alpha value is -2.30. The summed E-state index contributed by atoms with van der Waals surface area (Å²) >= 11 is 0. The average Bonchev–Trinajstić information content (AvgIpc) is 2.84. The molecule has 3 N–H and O–H groups in total. The Bertz CT molecular complexity index is 818. The van der Waals surface area contributed by atoms with Crippen molar-refractivity contribution in [1.29, 1.82) is 0 Å². The molecule has 0 bridgehead atoms. The average molecular weight is 476 g/mol. The first-order valence-corrected chi connectivity index (χ1v) is 12.0. The van der Waals surface area contributed by atoms with Crippen molar-refractivity contribution in [1.82, 2.24) is 9.80 Å². The van der Waals surface area contributed by atoms with Gasteiger partial charge in [-0.25, -0.2) is 0 Å². The fourth-order valence-electron chi connectivity index (χ4n) is 4.25. The SMILES string of the molecule is O=C1CC(c2ccc(OCCOCCO)cc2)CC(O)=C1C=NCCN1CCN(CCO)CC1. The highest BCUT2D eigenvalue weighted by Crippen LogP contribution is 2.33. The molecule has 1 aromatic carbocycles. The van der Waals surface area contributed by atoms with Gasteiger partial charge in [-0.2, -0.15) is 0 Å². The van der Waals surface area contributed by atoms with Gasteiger partial charge in [0.15, 0.2) is 5.78 Å². The van der Waals surface area contributed by atoms with Crippen molar-refractivity contribution in [3.8, 4) is 5.75 Å². The molecule has 1 atom stereocenters. The molecule has 0 amide bonds. The number of benzene rings is 1. The number of ketones is 1. The molecular weight excluding hydrogens is 438 g/mol. The van der Waals surface area contributed by atoms with Crippen LogP contribution < -0.4 is 4.74 Å². The van der Waals surface area contributed by atoms with Crippen LogP contribution >= 0.6 is 0 Å². The zero-order valence-corrected chi connectivity index (χ0v) is 19.8. The number of allylic oxidation sites excluding steroid dienone is 2. The maximum Gasteiger partial charge on any atom is 0.168 e. The van der Waals surface area contributed by atoms with Crippen LogP contribution in [0.5, 0.6) is 5.75 Å². The van der Waals surface area contributed by atoms with E-state index in [0.717, 1.165) is 44.8 Å². The number of aliphatic hydroxyl groups excluding tert-OH is 3. The summed E-state index contributed by atoms with van der Waals surface area (Å²) in [4.78, 5) is 21.7. The number of aliphatic hydroxyl groups is 3. The maximum atomic E-state index is 12.7. The van der Waals surface area contributed by atoms with Crippen LogP contribution in [0.3, 0.4) is 0 Å². The van der Waals surface area contributed by atoms with Gasteiger partial charge in [0.25, 0.3) is 0 Å². The van der Waals surface area contributed by atoms with Crippen molar-refractivity contribution in [3.63, 3.8) is 0 Å². The lowest BCUT2D eigenvalue weighted by molar-refractivity contribution is -0.116. The van der Waals surface area contributed by atoms with Crippen molar-refractivity contribution in [2.24, 2.45) is 4.99 Å². The molecule has 0 aromatic heterocycles. The molecule has 1 saturated heterocycles.